The Labute approximate surface area is 177 Å². The van der Waals surface area contributed by atoms with E-state index in [1.165, 1.54) is 12.1 Å². The average molecular weight is 490 g/mol. The van der Waals surface area contributed by atoms with Gasteiger partial charge in [0.2, 0.25) is 5.75 Å². The molecule has 3 aromatic carbocycles. The monoisotopic (exact) mass is 487 g/mol. The van der Waals surface area contributed by atoms with E-state index in [4.69, 9.17) is 44.3 Å². The molecule has 0 amide bonds. The third-order valence-electron chi connectivity index (χ3n) is 3.38. The van der Waals surface area contributed by atoms with Gasteiger partial charge < -0.3 is 9.47 Å². The van der Waals surface area contributed by atoms with Crippen molar-refractivity contribution in [1.29, 1.82) is 0 Å². The van der Waals surface area contributed by atoms with Crippen molar-refractivity contribution in [3.63, 3.8) is 0 Å². The zero-order valence-electron chi connectivity index (χ0n) is 13.3. The Morgan fingerprint density at radius 1 is 0.815 bits per heavy atom. The predicted octanol–water partition coefficient (Wildman–Crippen LogP) is 7.90. The van der Waals surface area contributed by atoms with Crippen molar-refractivity contribution < 1.29 is 14.4 Å². The van der Waals surface area contributed by atoms with E-state index in [1.807, 2.05) is 0 Å². The molecule has 0 saturated heterocycles. The molecule has 0 saturated carbocycles. The van der Waals surface area contributed by atoms with E-state index in [0.717, 1.165) is 6.07 Å². The third-order valence-corrected chi connectivity index (χ3v) is 5.16. The van der Waals surface area contributed by atoms with Crippen molar-refractivity contribution in [2.75, 3.05) is 0 Å². The highest BCUT2D eigenvalue weighted by atomic mass is 79.9. The van der Waals surface area contributed by atoms with E-state index in [1.54, 1.807) is 36.4 Å². The van der Waals surface area contributed by atoms with E-state index in [9.17, 15) is 10.1 Å². The summed E-state index contributed by atoms with van der Waals surface area (Å²) in [5.41, 5.74) is -0.295. The molecule has 5 nitrogen and oxygen atoms in total. The van der Waals surface area contributed by atoms with Gasteiger partial charge in [-0.05, 0) is 34.1 Å². The normalized spacial score (nSPS) is 10.5. The lowest BCUT2D eigenvalue weighted by molar-refractivity contribution is -0.385. The minimum atomic E-state index is -0.586. The van der Waals surface area contributed by atoms with Crippen LogP contribution in [0.5, 0.6) is 23.0 Å². The lowest BCUT2D eigenvalue weighted by Gasteiger charge is -2.13. The maximum absolute atomic E-state index is 11.4. The first-order chi connectivity index (χ1) is 12.8. The molecule has 0 spiro atoms. The number of ether oxygens (including phenoxy) is 2. The Morgan fingerprint density at radius 2 is 1.44 bits per heavy atom. The minimum absolute atomic E-state index is 0.0232. The zero-order chi connectivity index (χ0) is 19.6. The second-order valence-electron chi connectivity index (χ2n) is 5.22. The molecule has 0 radical (unpaired) electrons. The van der Waals surface area contributed by atoms with Crippen LogP contribution in [-0.2, 0) is 0 Å². The fraction of sp³-hybridized carbons (Fsp3) is 0. The molecule has 9 heteroatoms. The number of nitro groups is 1. The molecule has 0 aliphatic carbocycles. The maximum atomic E-state index is 11.4. The lowest BCUT2D eigenvalue weighted by Crippen LogP contribution is -1.96. The molecule has 0 aliphatic rings. The predicted molar refractivity (Wildman–Crippen MR) is 109 cm³/mol. The average Bonchev–Trinajstić information content (AvgIpc) is 2.62. The Hall–Kier alpha value is -1.99. The van der Waals surface area contributed by atoms with Crippen molar-refractivity contribution in [2.45, 2.75) is 0 Å². The van der Waals surface area contributed by atoms with E-state index in [-0.39, 0.29) is 33.0 Å². The van der Waals surface area contributed by atoms with Gasteiger partial charge in [0, 0.05) is 22.7 Å². The Balaban J connectivity index is 2.02. The second kappa shape index (κ2) is 8.35. The molecular weight excluding hydrogens is 480 g/mol. The summed E-state index contributed by atoms with van der Waals surface area (Å²) in [6.07, 6.45) is 0. The van der Waals surface area contributed by atoms with Gasteiger partial charge in [-0.1, -0.05) is 53.0 Å². The molecule has 138 valence electrons. The first-order valence-corrected chi connectivity index (χ1v) is 9.31. The molecule has 27 heavy (non-hydrogen) atoms. The van der Waals surface area contributed by atoms with Gasteiger partial charge in [-0.2, -0.15) is 0 Å². The van der Waals surface area contributed by atoms with E-state index < -0.39 is 4.92 Å². The summed E-state index contributed by atoms with van der Waals surface area (Å²) in [4.78, 5) is 10.8. The van der Waals surface area contributed by atoms with Gasteiger partial charge in [0.1, 0.15) is 17.2 Å². The second-order valence-corrected chi connectivity index (χ2v) is 7.30. The van der Waals surface area contributed by atoms with Crippen LogP contribution >= 0.6 is 50.7 Å². The fourth-order valence-electron chi connectivity index (χ4n) is 2.14. The molecule has 0 atom stereocenters. The van der Waals surface area contributed by atoms with Crippen molar-refractivity contribution in [3.8, 4) is 23.0 Å². The summed E-state index contributed by atoms with van der Waals surface area (Å²) in [5, 5.41) is 12.0. The summed E-state index contributed by atoms with van der Waals surface area (Å²) in [5.74, 6) is 0.781. The number of nitrogens with zero attached hydrogens (tertiary/aromatic N) is 1. The highest BCUT2D eigenvalue weighted by Crippen LogP contribution is 2.43. The number of benzene rings is 3. The molecule has 0 unspecified atom stereocenters. The molecule has 0 heterocycles. The van der Waals surface area contributed by atoms with Crippen molar-refractivity contribution in [3.05, 3.63) is 84.3 Å². The first-order valence-electron chi connectivity index (χ1n) is 7.38. The van der Waals surface area contributed by atoms with Crippen LogP contribution in [0.1, 0.15) is 0 Å². The minimum Gasteiger partial charge on any atom is -0.454 e. The van der Waals surface area contributed by atoms with Gasteiger partial charge in [0.25, 0.3) is 0 Å². The van der Waals surface area contributed by atoms with Crippen molar-refractivity contribution in [1.82, 2.24) is 0 Å². The Morgan fingerprint density at radius 3 is 2.11 bits per heavy atom. The maximum Gasteiger partial charge on any atom is 0.313 e. The molecule has 3 aromatic rings. The number of nitro benzene ring substituents is 1. The van der Waals surface area contributed by atoms with E-state index in [0.29, 0.717) is 15.2 Å². The summed E-state index contributed by atoms with van der Waals surface area (Å²) in [7, 11) is 0. The van der Waals surface area contributed by atoms with E-state index in [2.05, 4.69) is 15.9 Å². The van der Waals surface area contributed by atoms with Crippen LogP contribution in [0.15, 0.2) is 59.1 Å². The zero-order valence-corrected chi connectivity index (χ0v) is 17.1. The highest BCUT2D eigenvalue weighted by molar-refractivity contribution is 9.10. The largest absolute Gasteiger partial charge is 0.454 e. The van der Waals surface area contributed by atoms with Crippen LogP contribution < -0.4 is 9.47 Å². The smallest absolute Gasteiger partial charge is 0.313 e. The number of para-hydroxylation sites is 1. The summed E-state index contributed by atoms with van der Waals surface area (Å²) < 4.78 is 11.9. The van der Waals surface area contributed by atoms with Crippen LogP contribution in [-0.4, -0.2) is 4.92 Å². The number of hydrogen-bond acceptors (Lipinski definition) is 4. The van der Waals surface area contributed by atoms with Crippen LogP contribution in [0.2, 0.25) is 15.1 Å². The van der Waals surface area contributed by atoms with Crippen LogP contribution in [0.4, 0.5) is 5.69 Å². The summed E-state index contributed by atoms with van der Waals surface area (Å²) in [6, 6.07) is 14.2. The SMILES string of the molecule is O=[N+]([O-])c1cc(Cl)c(Oc2cc(Cl)c(Br)cc2Cl)cc1Oc1ccccc1. The topological polar surface area (TPSA) is 61.6 Å². The van der Waals surface area contributed by atoms with Gasteiger partial charge in [-0.3, -0.25) is 10.1 Å². The van der Waals surface area contributed by atoms with Gasteiger partial charge in [-0.15, -0.1) is 0 Å². The van der Waals surface area contributed by atoms with Crippen molar-refractivity contribution >= 4 is 56.4 Å². The molecular formula is C18H9BrCl3NO4. The van der Waals surface area contributed by atoms with Gasteiger partial charge in [-0.25, -0.2) is 0 Å². The number of rotatable bonds is 5. The standard InChI is InChI=1S/C18H9BrCl3NO4/c19-11-6-13(21)16(8-12(11)20)27-17-9-18(15(23(24)25)7-14(17)22)26-10-4-2-1-3-5-10/h1-9H. The van der Waals surface area contributed by atoms with E-state index >= 15 is 0 Å². The third kappa shape index (κ3) is 4.65. The van der Waals surface area contributed by atoms with Crippen LogP contribution in [0.3, 0.4) is 0 Å². The Bertz CT molecular complexity index is 1020. The number of halogens is 4. The number of hydrogen-bond donors (Lipinski definition) is 0. The molecule has 0 aliphatic heterocycles. The summed E-state index contributed by atoms with van der Waals surface area (Å²) >= 11 is 21.6. The Kier molecular flexibility index (Phi) is 6.11. The van der Waals surface area contributed by atoms with Gasteiger partial charge >= 0.3 is 5.69 Å². The first kappa shape index (κ1) is 19.8. The molecule has 0 aromatic heterocycles. The van der Waals surface area contributed by atoms with Gasteiger partial charge in [0.15, 0.2) is 0 Å². The van der Waals surface area contributed by atoms with Crippen LogP contribution in [0.25, 0.3) is 0 Å². The lowest BCUT2D eigenvalue weighted by atomic mass is 10.2. The highest BCUT2D eigenvalue weighted by Gasteiger charge is 2.21. The quantitative estimate of drug-likeness (QED) is 0.208. The fourth-order valence-corrected chi connectivity index (χ4v) is 3.17. The molecule has 3 rings (SSSR count). The van der Waals surface area contributed by atoms with Crippen LogP contribution in [0, 0.1) is 10.1 Å². The molecule has 0 fully saturated rings. The molecule has 0 bridgehead atoms. The molecule has 0 N–H and O–H groups in total. The van der Waals surface area contributed by atoms with Crippen molar-refractivity contribution in [2.24, 2.45) is 0 Å². The summed E-state index contributed by atoms with van der Waals surface area (Å²) in [6.45, 7) is 0. The van der Waals surface area contributed by atoms with Gasteiger partial charge in [0.05, 0.1) is 20.0 Å².